The van der Waals surface area contributed by atoms with Gasteiger partial charge in [-0.1, -0.05) is 6.07 Å². The minimum Gasteiger partial charge on any atom is -0.495 e. The molecule has 2 N–H and O–H groups in total. The van der Waals surface area contributed by atoms with E-state index in [4.69, 9.17) is 4.74 Å². The Morgan fingerprint density at radius 3 is 2.84 bits per heavy atom. The maximum absolute atomic E-state index is 12.2. The zero-order valence-corrected chi connectivity index (χ0v) is 11.4. The molecule has 102 valence electrons. The Labute approximate surface area is 111 Å². The highest BCUT2D eigenvalue weighted by molar-refractivity contribution is 7.89. The lowest BCUT2D eigenvalue weighted by molar-refractivity contribution is 0.402. The van der Waals surface area contributed by atoms with Crippen molar-refractivity contribution < 1.29 is 13.2 Å². The molecular weight excluding hydrogens is 268 g/mol. The smallest absolute Gasteiger partial charge is 0.244 e. The van der Waals surface area contributed by atoms with Crippen LogP contribution in [0.15, 0.2) is 29.4 Å². The summed E-state index contributed by atoms with van der Waals surface area (Å²) in [5.74, 6) is 0.742. The van der Waals surface area contributed by atoms with Crippen LogP contribution in [0.2, 0.25) is 0 Å². The molecule has 0 fully saturated rings. The number of benzene rings is 1. The monoisotopic (exact) mass is 282 g/mol. The lowest BCUT2D eigenvalue weighted by atomic mass is 10.2. The van der Waals surface area contributed by atoms with Gasteiger partial charge in [-0.3, -0.25) is 5.10 Å². The maximum Gasteiger partial charge on any atom is 0.244 e. The topological polar surface area (TPSA) is 97.0 Å². The van der Waals surface area contributed by atoms with Gasteiger partial charge in [0.25, 0.3) is 0 Å². The second kappa shape index (κ2) is 5.37. The first-order valence-electron chi connectivity index (χ1n) is 5.51. The molecule has 2 rings (SSSR count). The van der Waals surface area contributed by atoms with Crippen molar-refractivity contribution in [3.63, 3.8) is 0 Å². The number of H-pyrrole nitrogens is 1. The van der Waals surface area contributed by atoms with E-state index in [1.54, 1.807) is 18.2 Å². The molecule has 0 atom stereocenters. The molecule has 1 aromatic heterocycles. The van der Waals surface area contributed by atoms with Crippen molar-refractivity contribution in [2.75, 3.05) is 7.11 Å². The molecule has 2 aromatic rings. The fourth-order valence-corrected chi connectivity index (χ4v) is 2.79. The molecule has 0 radical (unpaired) electrons. The van der Waals surface area contributed by atoms with Gasteiger partial charge in [-0.15, -0.1) is 0 Å². The van der Waals surface area contributed by atoms with E-state index in [2.05, 4.69) is 19.9 Å². The van der Waals surface area contributed by atoms with Gasteiger partial charge in [0, 0.05) is 0 Å². The van der Waals surface area contributed by atoms with Gasteiger partial charge in [-0.05, 0) is 24.6 Å². The van der Waals surface area contributed by atoms with Crippen LogP contribution in [0.5, 0.6) is 5.75 Å². The highest BCUT2D eigenvalue weighted by Gasteiger charge is 2.19. The molecule has 0 aliphatic carbocycles. The molecule has 1 aromatic carbocycles. The maximum atomic E-state index is 12.2. The predicted molar refractivity (Wildman–Crippen MR) is 68.1 cm³/mol. The highest BCUT2D eigenvalue weighted by Crippen LogP contribution is 2.24. The normalized spacial score (nSPS) is 11.5. The van der Waals surface area contributed by atoms with Gasteiger partial charge >= 0.3 is 0 Å². The van der Waals surface area contributed by atoms with Crippen molar-refractivity contribution >= 4 is 10.0 Å². The van der Waals surface area contributed by atoms with Crippen LogP contribution >= 0.6 is 0 Å². The molecule has 8 heteroatoms. The van der Waals surface area contributed by atoms with Crippen molar-refractivity contribution in [3.05, 3.63) is 35.9 Å². The number of ether oxygens (including phenoxy) is 1. The molecule has 7 nitrogen and oxygen atoms in total. The van der Waals surface area contributed by atoms with Gasteiger partial charge in [0.1, 0.15) is 22.8 Å². The van der Waals surface area contributed by atoms with Crippen LogP contribution in [-0.4, -0.2) is 30.7 Å². The van der Waals surface area contributed by atoms with Crippen molar-refractivity contribution in [1.82, 2.24) is 19.9 Å². The summed E-state index contributed by atoms with van der Waals surface area (Å²) < 4.78 is 31.9. The first-order chi connectivity index (χ1) is 9.03. The van der Waals surface area contributed by atoms with Crippen LogP contribution in [0.3, 0.4) is 0 Å². The van der Waals surface area contributed by atoms with E-state index in [1.165, 1.54) is 13.4 Å². The van der Waals surface area contributed by atoms with Gasteiger partial charge in [0.2, 0.25) is 10.0 Å². The van der Waals surface area contributed by atoms with Crippen LogP contribution in [0.4, 0.5) is 0 Å². The molecule has 0 spiro atoms. The van der Waals surface area contributed by atoms with Crippen LogP contribution in [0.25, 0.3) is 0 Å². The number of hydrogen-bond acceptors (Lipinski definition) is 5. The third kappa shape index (κ3) is 3.09. The third-order valence-corrected chi connectivity index (χ3v) is 3.93. The number of nitrogens with zero attached hydrogens (tertiary/aromatic N) is 2. The molecule has 0 saturated heterocycles. The highest BCUT2D eigenvalue weighted by atomic mass is 32.2. The Morgan fingerprint density at radius 1 is 1.42 bits per heavy atom. The second-order valence-corrected chi connectivity index (χ2v) is 5.65. The molecule has 1 heterocycles. The van der Waals surface area contributed by atoms with Crippen LogP contribution in [0, 0.1) is 6.92 Å². The van der Waals surface area contributed by atoms with Gasteiger partial charge in [-0.25, -0.2) is 18.1 Å². The molecule has 0 aliphatic rings. The van der Waals surface area contributed by atoms with E-state index in [0.717, 1.165) is 5.56 Å². The first kappa shape index (κ1) is 13.5. The van der Waals surface area contributed by atoms with Crippen LogP contribution < -0.4 is 9.46 Å². The second-order valence-electron chi connectivity index (χ2n) is 3.91. The van der Waals surface area contributed by atoms with E-state index in [1.807, 2.05) is 6.92 Å². The largest absolute Gasteiger partial charge is 0.495 e. The summed E-state index contributed by atoms with van der Waals surface area (Å²) in [5, 5.41) is 6.23. The number of nitrogens with one attached hydrogen (secondary N) is 2. The predicted octanol–water partition coefficient (Wildman–Crippen LogP) is 0.600. The standard InChI is InChI=1S/C11H14N4O3S/c1-8-3-4-9(18-2)10(5-8)19(16,17)14-6-11-12-7-13-15-11/h3-5,7,14H,6H2,1-2H3,(H,12,13,15). The van der Waals surface area contributed by atoms with Gasteiger partial charge in [-0.2, -0.15) is 5.10 Å². The Kier molecular flexibility index (Phi) is 3.82. The molecule has 0 saturated carbocycles. The summed E-state index contributed by atoms with van der Waals surface area (Å²) in [6.45, 7) is 1.86. The third-order valence-electron chi connectivity index (χ3n) is 2.50. The van der Waals surface area contributed by atoms with Crippen molar-refractivity contribution in [2.45, 2.75) is 18.4 Å². The number of sulfonamides is 1. The van der Waals surface area contributed by atoms with Crippen LogP contribution in [0.1, 0.15) is 11.4 Å². The quantitative estimate of drug-likeness (QED) is 0.837. The van der Waals surface area contributed by atoms with E-state index in [0.29, 0.717) is 11.6 Å². The number of hydrogen-bond donors (Lipinski definition) is 2. The summed E-state index contributed by atoms with van der Waals surface area (Å²) in [6.07, 6.45) is 1.32. The molecule has 0 unspecified atom stereocenters. The number of aromatic nitrogens is 3. The van der Waals surface area contributed by atoms with E-state index >= 15 is 0 Å². The lowest BCUT2D eigenvalue weighted by Crippen LogP contribution is -2.24. The minimum absolute atomic E-state index is 0.0411. The van der Waals surface area contributed by atoms with Crippen molar-refractivity contribution in [3.8, 4) is 5.75 Å². The average molecular weight is 282 g/mol. The summed E-state index contributed by atoms with van der Waals surface area (Å²) in [7, 11) is -2.23. The fourth-order valence-electron chi connectivity index (χ4n) is 1.55. The summed E-state index contributed by atoms with van der Waals surface area (Å²) in [4.78, 5) is 3.95. The fraction of sp³-hybridized carbons (Fsp3) is 0.273. The molecular formula is C11H14N4O3S. The van der Waals surface area contributed by atoms with Crippen molar-refractivity contribution in [2.24, 2.45) is 0 Å². The first-order valence-corrected chi connectivity index (χ1v) is 7.00. The molecule has 0 aliphatic heterocycles. The zero-order valence-electron chi connectivity index (χ0n) is 10.5. The Bertz CT molecular complexity index is 653. The van der Waals surface area contributed by atoms with Gasteiger partial charge in [0.15, 0.2) is 0 Å². The SMILES string of the molecule is COc1ccc(C)cc1S(=O)(=O)NCc1ncn[nH]1. The Morgan fingerprint density at radius 2 is 2.21 bits per heavy atom. The molecule has 0 amide bonds. The average Bonchev–Trinajstić information content (AvgIpc) is 2.89. The number of aryl methyl sites for hydroxylation is 1. The summed E-state index contributed by atoms with van der Waals surface area (Å²) >= 11 is 0. The zero-order chi connectivity index (χ0) is 13.9. The number of methoxy groups -OCH3 is 1. The lowest BCUT2D eigenvalue weighted by Gasteiger charge is -2.10. The van der Waals surface area contributed by atoms with Gasteiger partial charge < -0.3 is 4.74 Å². The summed E-state index contributed by atoms with van der Waals surface area (Å²) in [5.41, 5.74) is 0.834. The van der Waals surface area contributed by atoms with E-state index in [9.17, 15) is 8.42 Å². The Hall–Kier alpha value is -1.93. The molecule has 0 bridgehead atoms. The van der Waals surface area contributed by atoms with E-state index in [-0.39, 0.29) is 11.4 Å². The Balaban J connectivity index is 2.26. The van der Waals surface area contributed by atoms with Crippen molar-refractivity contribution in [1.29, 1.82) is 0 Å². The summed E-state index contributed by atoms with van der Waals surface area (Å²) in [6, 6.07) is 4.97. The number of aromatic amines is 1. The number of rotatable bonds is 5. The minimum atomic E-state index is -3.66. The van der Waals surface area contributed by atoms with E-state index < -0.39 is 10.0 Å². The van der Waals surface area contributed by atoms with Gasteiger partial charge in [0.05, 0.1) is 13.7 Å². The molecule has 19 heavy (non-hydrogen) atoms. The van der Waals surface area contributed by atoms with Crippen LogP contribution in [-0.2, 0) is 16.6 Å².